The van der Waals surface area contributed by atoms with Crippen LogP contribution in [0.1, 0.15) is 37.8 Å². The van der Waals surface area contributed by atoms with Gasteiger partial charge < -0.3 is 0 Å². The van der Waals surface area contributed by atoms with Crippen molar-refractivity contribution in [1.29, 1.82) is 0 Å². The van der Waals surface area contributed by atoms with E-state index in [2.05, 4.69) is 4.72 Å². The van der Waals surface area contributed by atoms with E-state index in [1.165, 1.54) is 4.68 Å². The number of nitrogens with zero attached hydrogens (tertiary/aromatic N) is 2. The fraction of sp³-hybridized carbons (Fsp3) is 0.471. The lowest BCUT2D eigenvalue weighted by Gasteiger charge is -2.22. The molecule has 0 spiro atoms. The number of rotatable bonds is 4. The Balaban J connectivity index is 2.04. The van der Waals surface area contributed by atoms with Crippen LogP contribution >= 0.6 is 0 Å². The Hall–Kier alpha value is -1.86. The molecule has 1 saturated carbocycles. The van der Waals surface area contributed by atoms with E-state index < -0.39 is 15.6 Å². The molecular formula is C17H23N3O3S. The number of aromatic nitrogens is 2. The number of sulfonamides is 1. The summed E-state index contributed by atoms with van der Waals surface area (Å²) in [5.41, 5.74) is 0.573. The van der Waals surface area contributed by atoms with Crippen LogP contribution in [-0.4, -0.2) is 23.8 Å². The lowest BCUT2D eigenvalue weighted by molar-refractivity contribution is 0.412. The van der Waals surface area contributed by atoms with Gasteiger partial charge in [-0.05, 0) is 31.9 Å². The van der Waals surface area contributed by atoms with E-state index in [-0.39, 0.29) is 10.9 Å². The molecule has 0 bridgehead atoms. The van der Waals surface area contributed by atoms with Crippen LogP contribution in [0.5, 0.6) is 0 Å². The Morgan fingerprint density at radius 3 is 2.33 bits per heavy atom. The van der Waals surface area contributed by atoms with E-state index in [1.54, 1.807) is 30.8 Å². The lowest BCUT2D eigenvalue weighted by Crippen LogP contribution is -2.38. The van der Waals surface area contributed by atoms with Crippen molar-refractivity contribution in [2.24, 2.45) is 7.05 Å². The molecule has 130 valence electrons. The molecule has 0 radical (unpaired) electrons. The molecule has 7 heteroatoms. The highest BCUT2D eigenvalue weighted by Crippen LogP contribution is 2.20. The van der Waals surface area contributed by atoms with Crippen LogP contribution in [0.3, 0.4) is 0 Å². The predicted octanol–water partition coefficient (Wildman–Crippen LogP) is 2.10. The van der Waals surface area contributed by atoms with E-state index in [0.717, 1.165) is 32.1 Å². The maximum atomic E-state index is 12.8. The highest BCUT2D eigenvalue weighted by atomic mass is 32.2. The summed E-state index contributed by atoms with van der Waals surface area (Å²) in [6, 6.07) is 8.98. The average molecular weight is 349 g/mol. The molecule has 0 amide bonds. The third-order valence-electron chi connectivity index (χ3n) is 4.70. The first-order valence-electron chi connectivity index (χ1n) is 8.28. The van der Waals surface area contributed by atoms with Gasteiger partial charge in [0, 0.05) is 13.1 Å². The lowest BCUT2D eigenvalue weighted by atomic mass is 9.96. The number of para-hydroxylation sites is 1. The summed E-state index contributed by atoms with van der Waals surface area (Å²) in [6.45, 7) is 1.66. The van der Waals surface area contributed by atoms with E-state index in [0.29, 0.717) is 11.4 Å². The molecule has 1 aromatic carbocycles. The summed E-state index contributed by atoms with van der Waals surface area (Å²) < 4.78 is 31.3. The standard InChI is InChI=1S/C17H23N3O3S/c1-13-16(24(22,23)18-14-9-5-3-6-10-14)17(21)20(19(13)2)15-11-7-4-8-12-15/h4,7-8,11-12,14,18H,3,5-6,9-10H2,1-2H3. The Morgan fingerprint density at radius 2 is 1.71 bits per heavy atom. The van der Waals surface area contributed by atoms with E-state index in [9.17, 15) is 13.2 Å². The predicted molar refractivity (Wildman–Crippen MR) is 92.9 cm³/mol. The largest absolute Gasteiger partial charge is 0.291 e. The van der Waals surface area contributed by atoms with Gasteiger partial charge in [0.15, 0.2) is 4.90 Å². The van der Waals surface area contributed by atoms with Gasteiger partial charge in [0.2, 0.25) is 10.0 Å². The summed E-state index contributed by atoms with van der Waals surface area (Å²) in [5, 5.41) is 0. The minimum absolute atomic E-state index is 0.0760. The van der Waals surface area contributed by atoms with Crippen molar-refractivity contribution in [1.82, 2.24) is 14.1 Å². The van der Waals surface area contributed by atoms with E-state index in [4.69, 9.17) is 0 Å². The number of hydrogen-bond acceptors (Lipinski definition) is 3. The second-order valence-electron chi connectivity index (χ2n) is 6.35. The molecule has 1 N–H and O–H groups in total. The van der Waals surface area contributed by atoms with Gasteiger partial charge in [-0.25, -0.2) is 17.8 Å². The topological polar surface area (TPSA) is 73.1 Å². The van der Waals surface area contributed by atoms with Crippen molar-refractivity contribution in [2.75, 3.05) is 0 Å². The van der Waals surface area contributed by atoms with Crippen molar-refractivity contribution in [3.8, 4) is 5.69 Å². The first-order valence-corrected chi connectivity index (χ1v) is 9.76. The molecule has 0 unspecified atom stereocenters. The monoisotopic (exact) mass is 349 g/mol. The molecular weight excluding hydrogens is 326 g/mol. The van der Waals surface area contributed by atoms with Gasteiger partial charge in [0.1, 0.15) is 0 Å². The van der Waals surface area contributed by atoms with Crippen LogP contribution in [-0.2, 0) is 17.1 Å². The summed E-state index contributed by atoms with van der Waals surface area (Å²) in [6.07, 6.45) is 4.85. The third kappa shape index (κ3) is 3.06. The van der Waals surface area contributed by atoms with Crippen LogP contribution in [0.2, 0.25) is 0 Å². The first kappa shape index (κ1) is 17.0. The summed E-state index contributed by atoms with van der Waals surface area (Å²) >= 11 is 0. The van der Waals surface area contributed by atoms with E-state index >= 15 is 0 Å². The minimum atomic E-state index is -3.84. The van der Waals surface area contributed by atoms with Crippen LogP contribution in [0, 0.1) is 6.92 Å². The zero-order valence-corrected chi connectivity index (χ0v) is 14.8. The number of nitrogens with one attached hydrogen (secondary N) is 1. The van der Waals surface area contributed by atoms with Crippen LogP contribution in [0.15, 0.2) is 40.0 Å². The smallest absolute Gasteiger partial charge is 0.284 e. The molecule has 6 nitrogen and oxygen atoms in total. The molecule has 0 atom stereocenters. The summed E-state index contributed by atoms with van der Waals surface area (Å²) in [7, 11) is -2.14. The van der Waals surface area contributed by atoms with Gasteiger partial charge >= 0.3 is 0 Å². The zero-order valence-electron chi connectivity index (χ0n) is 14.0. The Kier molecular flexibility index (Phi) is 4.64. The second-order valence-corrected chi connectivity index (χ2v) is 8.00. The fourth-order valence-corrected chi connectivity index (χ4v) is 4.98. The third-order valence-corrected chi connectivity index (χ3v) is 6.35. The fourth-order valence-electron chi connectivity index (χ4n) is 3.35. The average Bonchev–Trinajstić information content (AvgIpc) is 2.79. The van der Waals surface area contributed by atoms with Crippen molar-refractivity contribution in [3.63, 3.8) is 0 Å². The minimum Gasteiger partial charge on any atom is -0.284 e. The van der Waals surface area contributed by atoms with Gasteiger partial charge in [0.25, 0.3) is 5.56 Å². The highest BCUT2D eigenvalue weighted by Gasteiger charge is 2.30. The molecule has 3 rings (SSSR count). The highest BCUT2D eigenvalue weighted by molar-refractivity contribution is 7.89. The first-order chi connectivity index (χ1) is 11.4. The number of hydrogen-bond donors (Lipinski definition) is 1. The summed E-state index contributed by atoms with van der Waals surface area (Å²) in [4.78, 5) is 12.7. The second kappa shape index (κ2) is 6.57. The normalized spacial score (nSPS) is 16.4. The molecule has 24 heavy (non-hydrogen) atoms. The Labute approximate surface area is 142 Å². The van der Waals surface area contributed by atoms with Crippen molar-refractivity contribution in [2.45, 2.75) is 50.0 Å². The summed E-state index contributed by atoms with van der Waals surface area (Å²) in [5.74, 6) is 0. The maximum absolute atomic E-state index is 12.8. The Morgan fingerprint density at radius 1 is 1.08 bits per heavy atom. The SMILES string of the molecule is Cc1c(S(=O)(=O)NC2CCCCC2)c(=O)n(-c2ccccc2)n1C. The van der Waals surface area contributed by atoms with E-state index in [1.807, 2.05) is 18.2 Å². The van der Waals surface area contributed by atoms with Gasteiger partial charge in [-0.15, -0.1) is 0 Å². The van der Waals surface area contributed by atoms with Gasteiger partial charge in [-0.3, -0.25) is 9.48 Å². The van der Waals surface area contributed by atoms with Gasteiger partial charge in [0.05, 0.1) is 11.4 Å². The van der Waals surface area contributed by atoms with Crippen LogP contribution in [0.4, 0.5) is 0 Å². The number of benzene rings is 1. The molecule has 1 aromatic heterocycles. The molecule has 1 aliphatic rings. The zero-order chi connectivity index (χ0) is 17.3. The van der Waals surface area contributed by atoms with Crippen molar-refractivity contribution >= 4 is 10.0 Å². The Bertz CT molecular complexity index is 876. The molecule has 1 heterocycles. The van der Waals surface area contributed by atoms with Crippen LogP contribution < -0.4 is 10.3 Å². The van der Waals surface area contributed by atoms with Crippen molar-refractivity contribution in [3.05, 3.63) is 46.4 Å². The van der Waals surface area contributed by atoms with Crippen LogP contribution in [0.25, 0.3) is 5.69 Å². The molecule has 2 aromatic rings. The molecule has 1 fully saturated rings. The quantitative estimate of drug-likeness (QED) is 0.919. The van der Waals surface area contributed by atoms with Gasteiger partial charge in [-0.1, -0.05) is 37.5 Å². The van der Waals surface area contributed by atoms with Crippen molar-refractivity contribution < 1.29 is 8.42 Å². The molecule has 1 aliphatic carbocycles. The molecule has 0 aliphatic heterocycles. The van der Waals surface area contributed by atoms with Gasteiger partial charge in [-0.2, -0.15) is 0 Å². The maximum Gasteiger partial charge on any atom is 0.291 e. The molecule has 0 saturated heterocycles.